The van der Waals surface area contributed by atoms with Crippen LogP contribution in [0.5, 0.6) is 0 Å². The summed E-state index contributed by atoms with van der Waals surface area (Å²) in [5.74, 6) is -1.12. The first-order valence-electron chi connectivity index (χ1n) is 8.30. The normalized spacial score (nSPS) is 16.9. The van der Waals surface area contributed by atoms with Crippen molar-refractivity contribution in [2.75, 3.05) is 7.11 Å². The zero-order chi connectivity index (χ0) is 21.7. The second-order valence-electron chi connectivity index (χ2n) is 5.76. The van der Waals surface area contributed by atoms with Gasteiger partial charge in [-0.1, -0.05) is 23.7 Å². The quantitative estimate of drug-likeness (QED) is 0.315. The van der Waals surface area contributed by atoms with Crippen molar-refractivity contribution in [2.45, 2.75) is 9.79 Å². The van der Waals surface area contributed by atoms with Crippen LogP contribution in [0.2, 0.25) is 5.02 Å². The minimum absolute atomic E-state index is 0.129. The number of hydrogen-bond donors (Lipinski definition) is 1. The number of hydrogen-bond acceptors (Lipinski definition) is 8. The summed E-state index contributed by atoms with van der Waals surface area (Å²) in [6.07, 6.45) is 2.46. The first-order valence-corrected chi connectivity index (χ1v) is 11.0. The van der Waals surface area contributed by atoms with E-state index in [1.54, 1.807) is 12.1 Å². The van der Waals surface area contributed by atoms with E-state index in [1.807, 2.05) is 0 Å². The van der Waals surface area contributed by atoms with Crippen LogP contribution >= 0.6 is 23.4 Å². The molecule has 0 radical (unpaired) electrons. The standard InChI is InChI=1S/C19H14ClN3O5S2/c1-28-17(24)10-16-18(25)22-19(29-16)23-21-11-12-2-6-14(7-3-12)30(26,27)15-8-4-13(20)5-9-15/h2-11H,1H3,(H,22,23,25)/b16-10+,21-11?. The van der Waals surface area contributed by atoms with E-state index in [1.165, 1.54) is 49.7 Å². The van der Waals surface area contributed by atoms with Gasteiger partial charge < -0.3 is 4.74 Å². The lowest BCUT2D eigenvalue weighted by atomic mass is 10.2. The van der Waals surface area contributed by atoms with E-state index in [-0.39, 0.29) is 19.9 Å². The third kappa shape index (κ3) is 5.15. The van der Waals surface area contributed by atoms with E-state index in [4.69, 9.17) is 11.6 Å². The predicted molar refractivity (Wildman–Crippen MR) is 114 cm³/mol. The molecular weight excluding hydrogens is 450 g/mol. The van der Waals surface area contributed by atoms with Gasteiger partial charge in [-0.3, -0.25) is 10.1 Å². The van der Waals surface area contributed by atoms with Crippen molar-refractivity contribution in [2.24, 2.45) is 10.2 Å². The number of nitrogens with one attached hydrogen (secondary N) is 1. The number of esters is 1. The van der Waals surface area contributed by atoms with E-state index in [9.17, 15) is 18.0 Å². The molecule has 30 heavy (non-hydrogen) atoms. The number of thioether (sulfide) groups is 1. The zero-order valence-electron chi connectivity index (χ0n) is 15.4. The SMILES string of the molecule is COC(=O)/C=C1/S/C(=N\N=Cc2ccc(S(=O)(=O)c3ccc(Cl)cc3)cc2)NC1=O. The van der Waals surface area contributed by atoms with E-state index >= 15 is 0 Å². The molecule has 1 amide bonds. The Balaban J connectivity index is 1.70. The molecule has 1 heterocycles. The van der Waals surface area contributed by atoms with Gasteiger partial charge in [0.05, 0.1) is 28.0 Å². The molecule has 2 aromatic rings. The minimum Gasteiger partial charge on any atom is -0.466 e. The van der Waals surface area contributed by atoms with Gasteiger partial charge in [0, 0.05) is 11.1 Å². The number of methoxy groups -OCH3 is 1. The number of amides is 1. The maximum Gasteiger partial charge on any atom is 0.331 e. The molecule has 0 aromatic heterocycles. The molecule has 0 bridgehead atoms. The van der Waals surface area contributed by atoms with Gasteiger partial charge in [-0.25, -0.2) is 13.2 Å². The number of ether oxygens (including phenoxy) is 1. The molecule has 1 fully saturated rings. The van der Waals surface area contributed by atoms with Crippen LogP contribution in [0, 0.1) is 0 Å². The highest BCUT2D eigenvalue weighted by molar-refractivity contribution is 8.18. The summed E-state index contributed by atoms with van der Waals surface area (Å²) in [4.78, 5) is 23.4. The van der Waals surface area contributed by atoms with Crippen molar-refractivity contribution in [1.29, 1.82) is 0 Å². The Hall–Kier alpha value is -2.95. The number of benzene rings is 2. The molecule has 2 aromatic carbocycles. The molecule has 1 N–H and O–H groups in total. The highest BCUT2D eigenvalue weighted by Crippen LogP contribution is 2.24. The smallest absolute Gasteiger partial charge is 0.331 e. The topological polar surface area (TPSA) is 114 Å². The molecule has 1 aliphatic rings. The van der Waals surface area contributed by atoms with Crippen molar-refractivity contribution in [1.82, 2.24) is 5.32 Å². The lowest BCUT2D eigenvalue weighted by Crippen LogP contribution is -2.19. The van der Waals surface area contributed by atoms with Crippen molar-refractivity contribution in [3.8, 4) is 0 Å². The number of sulfone groups is 1. The van der Waals surface area contributed by atoms with Gasteiger partial charge in [0.25, 0.3) is 5.91 Å². The van der Waals surface area contributed by atoms with E-state index in [0.29, 0.717) is 10.6 Å². The fraction of sp³-hybridized carbons (Fsp3) is 0.0526. The van der Waals surface area contributed by atoms with Crippen molar-refractivity contribution >= 4 is 56.5 Å². The van der Waals surface area contributed by atoms with Crippen LogP contribution < -0.4 is 5.32 Å². The van der Waals surface area contributed by atoms with Crippen LogP contribution in [0.25, 0.3) is 0 Å². The largest absolute Gasteiger partial charge is 0.466 e. The maximum atomic E-state index is 12.6. The van der Waals surface area contributed by atoms with E-state index < -0.39 is 21.7 Å². The molecule has 1 saturated heterocycles. The van der Waals surface area contributed by atoms with Gasteiger partial charge in [-0.05, 0) is 53.7 Å². The van der Waals surface area contributed by atoms with Crippen LogP contribution in [0.3, 0.4) is 0 Å². The van der Waals surface area contributed by atoms with Crippen molar-refractivity contribution in [3.05, 3.63) is 70.1 Å². The Bertz CT molecular complexity index is 1170. The van der Waals surface area contributed by atoms with E-state index in [0.717, 1.165) is 17.8 Å². The van der Waals surface area contributed by atoms with Crippen LogP contribution in [0.1, 0.15) is 5.56 Å². The first kappa shape index (κ1) is 21.8. The van der Waals surface area contributed by atoms with Gasteiger partial charge in [0.15, 0.2) is 5.17 Å². The number of halogens is 1. The minimum atomic E-state index is -3.66. The van der Waals surface area contributed by atoms with Gasteiger partial charge in [0.2, 0.25) is 9.84 Å². The molecule has 154 valence electrons. The van der Waals surface area contributed by atoms with E-state index in [2.05, 4.69) is 20.3 Å². The summed E-state index contributed by atoms with van der Waals surface area (Å²) in [6, 6.07) is 12.0. The Kier molecular flexibility index (Phi) is 6.70. The second kappa shape index (κ2) is 9.24. The molecule has 0 aliphatic carbocycles. The number of nitrogens with zero attached hydrogens (tertiary/aromatic N) is 2. The molecule has 3 rings (SSSR count). The average Bonchev–Trinajstić information content (AvgIpc) is 3.07. The number of amidine groups is 1. The average molecular weight is 464 g/mol. The first-order chi connectivity index (χ1) is 14.3. The molecule has 0 spiro atoms. The lowest BCUT2D eigenvalue weighted by molar-refractivity contribution is -0.135. The number of rotatable bonds is 5. The number of carbonyl (C=O) groups excluding carboxylic acids is 2. The molecule has 1 aliphatic heterocycles. The Morgan fingerprint density at radius 2 is 1.70 bits per heavy atom. The van der Waals surface area contributed by atoms with Crippen LogP contribution in [-0.2, 0) is 24.2 Å². The molecular formula is C19H14ClN3O5S2. The summed E-state index contributed by atoms with van der Waals surface area (Å²) < 4.78 is 29.7. The van der Waals surface area contributed by atoms with Crippen molar-refractivity contribution in [3.63, 3.8) is 0 Å². The highest BCUT2D eigenvalue weighted by Gasteiger charge is 2.25. The third-order valence-corrected chi connectivity index (χ3v) is 6.71. The molecule has 0 unspecified atom stereocenters. The van der Waals surface area contributed by atoms with Gasteiger partial charge in [-0.15, -0.1) is 5.10 Å². The molecule has 11 heteroatoms. The Morgan fingerprint density at radius 3 is 2.30 bits per heavy atom. The highest BCUT2D eigenvalue weighted by atomic mass is 35.5. The summed E-state index contributed by atoms with van der Waals surface area (Å²) in [5, 5.41) is 10.9. The summed E-state index contributed by atoms with van der Waals surface area (Å²) >= 11 is 6.75. The molecule has 0 atom stereocenters. The zero-order valence-corrected chi connectivity index (χ0v) is 17.8. The monoisotopic (exact) mass is 463 g/mol. The van der Waals surface area contributed by atoms with Crippen LogP contribution in [0.4, 0.5) is 0 Å². The summed E-state index contributed by atoms with van der Waals surface area (Å²) in [7, 11) is -2.45. The van der Waals surface area contributed by atoms with Crippen LogP contribution in [0.15, 0.2) is 79.5 Å². The summed E-state index contributed by atoms with van der Waals surface area (Å²) in [5.41, 5.74) is 0.606. The van der Waals surface area contributed by atoms with Crippen molar-refractivity contribution < 1.29 is 22.7 Å². The fourth-order valence-electron chi connectivity index (χ4n) is 2.27. The second-order valence-corrected chi connectivity index (χ2v) is 9.18. The summed E-state index contributed by atoms with van der Waals surface area (Å²) in [6.45, 7) is 0. The van der Waals surface area contributed by atoms with Gasteiger partial charge >= 0.3 is 5.97 Å². The maximum absolute atomic E-state index is 12.6. The fourth-order valence-corrected chi connectivity index (χ4v) is 4.40. The Labute approximate surface area is 181 Å². The third-order valence-electron chi connectivity index (χ3n) is 3.77. The van der Waals surface area contributed by atoms with Gasteiger partial charge in [0.1, 0.15) is 0 Å². The van der Waals surface area contributed by atoms with Crippen LogP contribution in [-0.4, -0.2) is 38.8 Å². The molecule has 8 nitrogen and oxygen atoms in total. The molecule has 0 saturated carbocycles. The predicted octanol–water partition coefficient (Wildman–Crippen LogP) is 2.78. The lowest BCUT2D eigenvalue weighted by Gasteiger charge is -2.05. The number of carbonyl (C=O) groups is 2. The van der Waals surface area contributed by atoms with Gasteiger partial charge in [-0.2, -0.15) is 5.10 Å². The Morgan fingerprint density at radius 1 is 1.10 bits per heavy atom.